The average molecular weight is 794 g/mol. The van der Waals surface area contributed by atoms with Crippen LogP contribution in [0.3, 0.4) is 0 Å². The number of likely N-dealkylation sites (tertiary alicyclic amines) is 1. The number of amides is 3. The molecule has 0 radical (unpaired) electrons. The summed E-state index contributed by atoms with van der Waals surface area (Å²) in [5.74, 6) is -2.23. The third-order valence-corrected chi connectivity index (χ3v) is 11.9. The Morgan fingerprint density at radius 2 is 1.84 bits per heavy atom. The zero-order valence-corrected chi connectivity index (χ0v) is 33.0. The number of hydrogen-bond acceptors (Lipinski definition) is 12. The van der Waals surface area contributed by atoms with E-state index in [0.29, 0.717) is 85.0 Å². The van der Waals surface area contributed by atoms with Gasteiger partial charge in [-0.25, -0.2) is 14.6 Å². The number of benzene rings is 2. The maximum absolute atomic E-state index is 14.1. The second-order valence-corrected chi connectivity index (χ2v) is 16.2. The Morgan fingerprint density at radius 1 is 1.05 bits per heavy atom. The van der Waals surface area contributed by atoms with Crippen LogP contribution in [0.25, 0.3) is 10.2 Å². The van der Waals surface area contributed by atoms with Crippen molar-refractivity contribution < 1.29 is 33.8 Å². The van der Waals surface area contributed by atoms with Gasteiger partial charge in [-0.05, 0) is 95.9 Å². The number of hydrogen-bond donors (Lipinski definition) is 4. The van der Waals surface area contributed by atoms with Gasteiger partial charge in [-0.1, -0.05) is 36.8 Å². The third-order valence-electron chi connectivity index (χ3n) is 9.65. The van der Waals surface area contributed by atoms with Crippen LogP contribution in [0.1, 0.15) is 68.4 Å². The van der Waals surface area contributed by atoms with Gasteiger partial charge in [0.15, 0.2) is 11.8 Å². The molecule has 0 spiro atoms. The van der Waals surface area contributed by atoms with E-state index in [1.807, 2.05) is 50.5 Å². The summed E-state index contributed by atoms with van der Waals surface area (Å²) < 4.78 is 6.34. The number of aliphatic imine (C=N–C) groups is 1. The van der Waals surface area contributed by atoms with Gasteiger partial charge in [0, 0.05) is 30.3 Å². The Bertz CT molecular complexity index is 1840. The van der Waals surface area contributed by atoms with Gasteiger partial charge in [0.2, 0.25) is 11.8 Å². The fourth-order valence-electron chi connectivity index (χ4n) is 6.62. The van der Waals surface area contributed by atoms with E-state index < -0.39 is 42.0 Å². The van der Waals surface area contributed by atoms with Crippen molar-refractivity contribution in [1.82, 2.24) is 20.1 Å². The van der Waals surface area contributed by atoms with Crippen molar-refractivity contribution >= 4 is 73.7 Å². The molecule has 16 heteroatoms. The van der Waals surface area contributed by atoms with E-state index in [-0.39, 0.29) is 24.7 Å². The molecule has 3 heterocycles. The number of carbonyl (C=O) groups is 5. The van der Waals surface area contributed by atoms with Crippen molar-refractivity contribution in [3.8, 4) is 0 Å². The molecule has 4 atom stereocenters. The lowest BCUT2D eigenvalue weighted by molar-refractivity contribution is -0.137. The highest BCUT2D eigenvalue weighted by molar-refractivity contribution is 8.15. The topological polar surface area (TPSA) is 197 Å². The Kier molecular flexibility index (Phi) is 15.6. The minimum absolute atomic E-state index is 0.0722. The molecule has 5 N–H and O–H groups in total. The quantitative estimate of drug-likeness (QED) is 0.114. The first-order valence-corrected chi connectivity index (χ1v) is 20.6. The minimum atomic E-state index is -0.969. The Balaban J connectivity index is 1.26. The molecule has 5 rings (SSSR count). The molecule has 3 amide bonds. The van der Waals surface area contributed by atoms with Gasteiger partial charge < -0.3 is 31.1 Å². The van der Waals surface area contributed by atoms with Gasteiger partial charge in [-0.2, -0.15) is 0 Å². The molecule has 0 unspecified atom stereocenters. The lowest BCUT2D eigenvalue weighted by Crippen LogP contribution is -2.51. The first-order valence-electron chi connectivity index (χ1n) is 18.8. The maximum atomic E-state index is 14.1. The van der Waals surface area contributed by atoms with Gasteiger partial charge >= 0.3 is 12.1 Å². The fourth-order valence-corrected chi connectivity index (χ4v) is 8.72. The van der Waals surface area contributed by atoms with E-state index in [0.717, 1.165) is 23.2 Å². The van der Waals surface area contributed by atoms with Crippen LogP contribution in [-0.4, -0.2) is 112 Å². The first-order chi connectivity index (χ1) is 26.5. The van der Waals surface area contributed by atoms with Crippen LogP contribution in [0.15, 0.2) is 53.5 Å². The molecule has 3 aromatic rings. The average Bonchev–Trinajstić information content (AvgIpc) is 3.95. The van der Waals surface area contributed by atoms with E-state index in [9.17, 15) is 29.1 Å². The second kappa shape index (κ2) is 20.5. The van der Waals surface area contributed by atoms with Crippen molar-refractivity contribution in [2.45, 2.75) is 82.5 Å². The number of aliphatic carboxylic acids is 1. The van der Waals surface area contributed by atoms with Crippen molar-refractivity contribution in [2.75, 3.05) is 44.8 Å². The predicted molar refractivity (Wildman–Crippen MR) is 215 cm³/mol. The number of ketones is 1. The van der Waals surface area contributed by atoms with Crippen molar-refractivity contribution in [2.24, 2.45) is 16.6 Å². The highest BCUT2D eigenvalue weighted by atomic mass is 32.2. The number of thioether (sulfide) groups is 1. The number of thiazole rings is 1. The summed E-state index contributed by atoms with van der Waals surface area (Å²) in [7, 11) is 3.96. The number of nitrogens with one attached hydrogen (secondary N) is 2. The summed E-state index contributed by atoms with van der Waals surface area (Å²) in [5.41, 5.74) is 7.86. The van der Waals surface area contributed by atoms with Crippen LogP contribution in [0.4, 0.5) is 10.5 Å². The molecule has 2 aliphatic heterocycles. The molecule has 0 saturated carbocycles. The van der Waals surface area contributed by atoms with Gasteiger partial charge in [0.05, 0.1) is 16.3 Å². The van der Waals surface area contributed by atoms with Crippen molar-refractivity contribution in [3.63, 3.8) is 0 Å². The van der Waals surface area contributed by atoms with E-state index in [2.05, 4.69) is 25.5 Å². The number of fused-ring (bicyclic) bond motifs is 1. The van der Waals surface area contributed by atoms with Crippen molar-refractivity contribution in [3.05, 3.63) is 59.1 Å². The van der Waals surface area contributed by atoms with Gasteiger partial charge in [-0.15, -0.1) is 23.1 Å². The van der Waals surface area contributed by atoms with Crippen LogP contribution in [0.5, 0.6) is 0 Å². The molecule has 1 aromatic heterocycles. The minimum Gasteiger partial charge on any atom is -0.480 e. The smallest absolute Gasteiger partial charge is 0.410 e. The van der Waals surface area contributed by atoms with Crippen LogP contribution >= 0.6 is 23.1 Å². The molecule has 55 heavy (non-hydrogen) atoms. The number of Topliss-reactive ketones (excluding diaryl/α,β-unsaturated/α-hetero) is 1. The van der Waals surface area contributed by atoms with E-state index in [1.165, 1.54) is 28.0 Å². The number of rotatable bonds is 20. The van der Waals surface area contributed by atoms with E-state index in [4.69, 9.17) is 10.5 Å². The van der Waals surface area contributed by atoms with Gasteiger partial charge in [0.25, 0.3) is 0 Å². The number of carbonyl (C=O) groups excluding carboxylic acids is 4. The Morgan fingerprint density at radius 3 is 2.56 bits per heavy atom. The summed E-state index contributed by atoms with van der Waals surface area (Å²) >= 11 is 2.73. The fraction of sp³-hybridized carbons (Fsp3) is 0.513. The standard InChI is InChI=1S/C39H51N7O7S2/c1-45(2)19-9-7-14-28(42-35(49)31-15-10-20-46(31)39(52)53-23-25-11-4-3-5-12-25)32(47)21-26(13-6-8-18-40)34(48)41-27-16-17-29-33(22-27)55-37(43-29)36-44-30(24-54-36)38(50)51/h3-5,11-12,16-17,22,26,28,30-31H,6-10,13-15,18-21,23-24,40H2,1-2H3,(H,41,48)(H,42,49)(H,50,51)/t26-,28+,30-,31+/m1/s1. The number of carboxylic acids is 1. The molecule has 2 aromatic carbocycles. The number of anilines is 1. The van der Waals surface area contributed by atoms with Gasteiger partial charge in [-0.3, -0.25) is 24.3 Å². The largest absolute Gasteiger partial charge is 0.480 e. The van der Waals surface area contributed by atoms with E-state index >= 15 is 0 Å². The van der Waals surface area contributed by atoms with Crippen LogP contribution in [0.2, 0.25) is 0 Å². The summed E-state index contributed by atoms with van der Waals surface area (Å²) in [6.45, 7) is 1.75. The Labute approximate surface area is 329 Å². The number of ether oxygens (including phenoxy) is 1. The summed E-state index contributed by atoms with van der Waals surface area (Å²) in [5, 5.41) is 16.5. The summed E-state index contributed by atoms with van der Waals surface area (Å²) in [6, 6.07) is 12.3. The SMILES string of the molecule is CN(C)CCCC[C@H](NC(=O)[C@@H]1CCCN1C(=O)OCc1ccccc1)C(=O)C[C@@H](CCCCN)C(=O)Nc1ccc2nc(C3=N[C@@H](C(=O)O)CS3)sc2c1. The number of aromatic nitrogens is 1. The van der Waals surface area contributed by atoms with E-state index in [1.54, 1.807) is 12.1 Å². The van der Waals surface area contributed by atoms with Crippen LogP contribution in [-0.2, 0) is 30.5 Å². The predicted octanol–water partition coefficient (Wildman–Crippen LogP) is 4.90. The molecule has 2 aliphatic rings. The molecule has 296 valence electrons. The maximum Gasteiger partial charge on any atom is 0.410 e. The number of carboxylic acid groups (broad SMARTS) is 1. The zero-order valence-electron chi connectivity index (χ0n) is 31.4. The number of nitrogens with zero attached hydrogens (tertiary/aromatic N) is 4. The zero-order chi connectivity index (χ0) is 39.3. The molecule has 14 nitrogen and oxygen atoms in total. The normalized spacial score (nSPS) is 17.9. The highest BCUT2D eigenvalue weighted by Gasteiger charge is 2.37. The van der Waals surface area contributed by atoms with Crippen LogP contribution in [0, 0.1) is 5.92 Å². The monoisotopic (exact) mass is 793 g/mol. The molecule has 1 fully saturated rings. The van der Waals surface area contributed by atoms with Gasteiger partial charge in [0.1, 0.15) is 22.7 Å². The molecular weight excluding hydrogens is 743 g/mol. The second-order valence-electron chi connectivity index (χ2n) is 14.2. The number of unbranched alkanes of at least 4 members (excludes halogenated alkanes) is 2. The molecule has 1 saturated heterocycles. The lowest BCUT2D eigenvalue weighted by Gasteiger charge is -2.26. The lowest BCUT2D eigenvalue weighted by atomic mass is 9.91. The van der Waals surface area contributed by atoms with Crippen LogP contribution < -0.4 is 16.4 Å². The summed E-state index contributed by atoms with van der Waals surface area (Å²) in [6.07, 6.45) is 4.15. The molecule has 0 aliphatic carbocycles. The Hall–Kier alpha value is -4.38. The molecule has 0 bridgehead atoms. The summed E-state index contributed by atoms with van der Waals surface area (Å²) in [4.78, 5) is 78.5. The third kappa shape index (κ3) is 12.1. The molecular formula is C39H51N7O7S2. The number of nitrogens with two attached hydrogens (primary N) is 1. The van der Waals surface area contributed by atoms with Crippen molar-refractivity contribution in [1.29, 1.82) is 0 Å². The first kappa shape index (κ1) is 41.8. The highest BCUT2D eigenvalue weighted by Crippen LogP contribution is 2.32.